The molecule has 5 rings (SSSR count). The van der Waals surface area contributed by atoms with E-state index in [2.05, 4.69) is 63.2 Å². The lowest BCUT2D eigenvalue weighted by atomic mass is 9.87. The SMILES string of the molecule is CCOc1ccc2ncc3c(-c4ccccc4)nn(-c4ccc(C(C)(C)C)cc4)c3c2c1. The van der Waals surface area contributed by atoms with Gasteiger partial charge in [-0.1, -0.05) is 63.2 Å². The highest BCUT2D eigenvalue weighted by Gasteiger charge is 2.19. The van der Waals surface area contributed by atoms with E-state index >= 15 is 0 Å². The van der Waals surface area contributed by atoms with Crippen LogP contribution in [0, 0.1) is 0 Å². The standard InChI is InChI=1S/C28H27N3O/c1-5-32-22-15-16-25-23(17-22)27-24(18-29-25)26(19-9-7-6-8-10-19)30-31(27)21-13-11-20(12-14-21)28(2,3)4/h6-18H,5H2,1-4H3. The summed E-state index contributed by atoms with van der Waals surface area (Å²) in [5.41, 5.74) is 6.39. The largest absolute Gasteiger partial charge is 0.494 e. The van der Waals surface area contributed by atoms with Crippen molar-refractivity contribution in [3.05, 3.63) is 84.6 Å². The van der Waals surface area contributed by atoms with E-state index in [1.807, 2.05) is 48.1 Å². The number of rotatable bonds is 4. The van der Waals surface area contributed by atoms with Gasteiger partial charge in [-0.05, 0) is 48.2 Å². The molecule has 0 bridgehead atoms. The maximum atomic E-state index is 5.80. The van der Waals surface area contributed by atoms with Gasteiger partial charge in [-0.3, -0.25) is 4.98 Å². The van der Waals surface area contributed by atoms with E-state index in [1.165, 1.54) is 5.56 Å². The average molecular weight is 422 g/mol. The van der Waals surface area contributed by atoms with Crippen LogP contribution in [-0.4, -0.2) is 21.4 Å². The van der Waals surface area contributed by atoms with E-state index < -0.39 is 0 Å². The third kappa shape index (κ3) is 3.52. The van der Waals surface area contributed by atoms with Gasteiger partial charge in [0, 0.05) is 22.5 Å². The monoisotopic (exact) mass is 421 g/mol. The van der Waals surface area contributed by atoms with Crippen LogP contribution >= 0.6 is 0 Å². The Kier molecular flexibility index (Phi) is 4.93. The molecule has 0 unspecified atom stereocenters. The lowest BCUT2D eigenvalue weighted by Crippen LogP contribution is -2.11. The van der Waals surface area contributed by atoms with Crippen molar-refractivity contribution >= 4 is 21.8 Å². The summed E-state index contributed by atoms with van der Waals surface area (Å²) >= 11 is 0. The molecule has 0 atom stereocenters. The van der Waals surface area contributed by atoms with Gasteiger partial charge in [0.2, 0.25) is 0 Å². The summed E-state index contributed by atoms with van der Waals surface area (Å²) in [6.45, 7) is 9.31. The number of ether oxygens (including phenoxy) is 1. The van der Waals surface area contributed by atoms with E-state index in [1.54, 1.807) is 0 Å². The summed E-state index contributed by atoms with van der Waals surface area (Å²) in [6, 6.07) is 25.1. The van der Waals surface area contributed by atoms with Crippen molar-refractivity contribution in [2.45, 2.75) is 33.1 Å². The highest BCUT2D eigenvalue weighted by molar-refractivity contribution is 6.09. The smallest absolute Gasteiger partial charge is 0.120 e. The van der Waals surface area contributed by atoms with Gasteiger partial charge in [0.05, 0.1) is 23.3 Å². The minimum absolute atomic E-state index is 0.100. The number of fused-ring (bicyclic) bond motifs is 3. The third-order valence-electron chi connectivity index (χ3n) is 5.81. The predicted molar refractivity (Wildman–Crippen MR) is 132 cm³/mol. The zero-order valence-electron chi connectivity index (χ0n) is 19.0. The number of aromatic nitrogens is 3. The van der Waals surface area contributed by atoms with Gasteiger partial charge in [-0.2, -0.15) is 5.10 Å². The van der Waals surface area contributed by atoms with E-state index in [0.717, 1.165) is 44.5 Å². The zero-order valence-corrected chi connectivity index (χ0v) is 19.0. The van der Waals surface area contributed by atoms with E-state index in [-0.39, 0.29) is 5.41 Å². The molecule has 0 aliphatic carbocycles. The third-order valence-corrected chi connectivity index (χ3v) is 5.81. The van der Waals surface area contributed by atoms with Crippen LogP contribution < -0.4 is 4.74 Å². The second-order valence-electron chi connectivity index (χ2n) is 9.06. The molecule has 0 radical (unpaired) electrons. The van der Waals surface area contributed by atoms with Crippen LogP contribution in [0.5, 0.6) is 5.75 Å². The number of hydrogen-bond acceptors (Lipinski definition) is 3. The summed E-state index contributed by atoms with van der Waals surface area (Å²) < 4.78 is 7.84. The summed E-state index contributed by atoms with van der Waals surface area (Å²) in [4.78, 5) is 4.74. The lowest BCUT2D eigenvalue weighted by molar-refractivity contribution is 0.341. The maximum Gasteiger partial charge on any atom is 0.120 e. The number of nitrogens with zero attached hydrogens (tertiary/aromatic N) is 3. The lowest BCUT2D eigenvalue weighted by Gasteiger charge is -2.19. The summed E-state index contributed by atoms with van der Waals surface area (Å²) in [6.07, 6.45) is 1.94. The van der Waals surface area contributed by atoms with E-state index in [4.69, 9.17) is 14.8 Å². The Labute approximate surface area is 188 Å². The van der Waals surface area contributed by atoms with Crippen molar-refractivity contribution in [2.75, 3.05) is 6.61 Å². The fourth-order valence-corrected chi connectivity index (χ4v) is 4.12. The molecular formula is C28H27N3O. The molecule has 4 nitrogen and oxygen atoms in total. The van der Waals surface area contributed by atoms with Crippen LogP contribution in [0.15, 0.2) is 79.0 Å². The molecule has 2 heterocycles. The Bertz CT molecular complexity index is 1390. The zero-order chi connectivity index (χ0) is 22.3. The first-order valence-electron chi connectivity index (χ1n) is 11.1. The Morgan fingerprint density at radius 3 is 2.31 bits per heavy atom. The number of benzene rings is 3. The molecule has 0 amide bonds. The molecule has 4 heteroatoms. The van der Waals surface area contributed by atoms with Crippen LogP contribution in [-0.2, 0) is 5.41 Å². The molecule has 2 aromatic heterocycles. The molecule has 0 spiro atoms. The van der Waals surface area contributed by atoms with Crippen LogP contribution in [0.4, 0.5) is 0 Å². The van der Waals surface area contributed by atoms with Gasteiger partial charge in [-0.25, -0.2) is 4.68 Å². The van der Waals surface area contributed by atoms with Crippen molar-refractivity contribution in [3.63, 3.8) is 0 Å². The molecule has 0 aliphatic heterocycles. The van der Waals surface area contributed by atoms with E-state index in [9.17, 15) is 0 Å². The molecular weight excluding hydrogens is 394 g/mol. The van der Waals surface area contributed by atoms with Crippen LogP contribution in [0.2, 0.25) is 0 Å². The quantitative estimate of drug-likeness (QED) is 0.316. The summed E-state index contributed by atoms with van der Waals surface area (Å²) in [5, 5.41) is 7.14. The van der Waals surface area contributed by atoms with Crippen molar-refractivity contribution in [3.8, 4) is 22.7 Å². The molecule has 3 aromatic carbocycles. The number of pyridine rings is 1. The van der Waals surface area contributed by atoms with Crippen LogP contribution in [0.3, 0.4) is 0 Å². The normalized spacial score (nSPS) is 11.9. The van der Waals surface area contributed by atoms with Crippen LogP contribution in [0.25, 0.3) is 38.8 Å². The van der Waals surface area contributed by atoms with Crippen molar-refractivity contribution in [1.29, 1.82) is 0 Å². The Morgan fingerprint density at radius 1 is 0.875 bits per heavy atom. The Hall–Kier alpha value is -3.66. The van der Waals surface area contributed by atoms with Crippen LogP contribution in [0.1, 0.15) is 33.3 Å². The fraction of sp³-hybridized carbons (Fsp3) is 0.214. The van der Waals surface area contributed by atoms with Gasteiger partial charge in [-0.15, -0.1) is 0 Å². The topological polar surface area (TPSA) is 39.9 Å². The predicted octanol–water partition coefficient (Wildman–Crippen LogP) is 6.94. The molecule has 160 valence electrons. The molecule has 0 saturated carbocycles. The molecule has 32 heavy (non-hydrogen) atoms. The number of hydrogen-bond donors (Lipinski definition) is 0. The minimum Gasteiger partial charge on any atom is -0.494 e. The molecule has 5 aromatic rings. The minimum atomic E-state index is 0.100. The van der Waals surface area contributed by atoms with Gasteiger partial charge < -0.3 is 4.74 Å². The first-order valence-corrected chi connectivity index (χ1v) is 11.1. The van der Waals surface area contributed by atoms with E-state index in [0.29, 0.717) is 6.61 Å². The second kappa shape index (κ2) is 7.79. The first kappa shape index (κ1) is 20.3. The second-order valence-corrected chi connectivity index (χ2v) is 9.06. The van der Waals surface area contributed by atoms with Gasteiger partial charge in [0.1, 0.15) is 11.4 Å². The highest BCUT2D eigenvalue weighted by Crippen LogP contribution is 2.35. The average Bonchev–Trinajstić information content (AvgIpc) is 3.20. The molecule has 0 N–H and O–H groups in total. The Morgan fingerprint density at radius 2 is 1.62 bits per heavy atom. The molecule has 0 fully saturated rings. The van der Waals surface area contributed by atoms with Crippen molar-refractivity contribution in [2.24, 2.45) is 0 Å². The van der Waals surface area contributed by atoms with Gasteiger partial charge in [0.25, 0.3) is 0 Å². The van der Waals surface area contributed by atoms with Gasteiger partial charge in [0.15, 0.2) is 0 Å². The van der Waals surface area contributed by atoms with Gasteiger partial charge >= 0.3 is 0 Å². The first-order chi connectivity index (χ1) is 15.5. The summed E-state index contributed by atoms with van der Waals surface area (Å²) in [7, 11) is 0. The Balaban J connectivity index is 1.81. The fourth-order valence-electron chi connectivity index (χ4n) is 4.12. The van der Waals surface area contributed by atoms with Crippen molar-refractivity contribution < 1.29 is 4.74 Å². The maximum absolute atomic E-state index is 5.80. The highest BCUT2D eigenvalue weighted by atomic mass is 16.5. The summed E-state index contributed by atoms with van der Waals surface area (Å²) in [5.74, 6) is 0.839. The molecule has 0 saturated heterocycles. The van der Waals surface area contributed by atoms with Crippen molar-refractivity contribution in [1.82, 2.24) is 14.8 Å². The molecule has 0 aliphatic rings.